The third kappa shape index (κ3) is 1.52. The number of fused-ring (bicyclic) bond motifs is 1. The Morgan fingerprint density at radius 1 is 1.57 bits per heavy atom. The highest BCUT2D eigenvalue weighted by molar-refractivity contribution is 14.1. The minimum absolute atomic E-state index is 0.461. The number of halogens is 2. The second kappa shape index (κ2) is 4.05. The van der Waals surface area contributed by atoms with Gasteiger partial charge in [0.2, 0.25) is 0 Å². The van der Waals surface area contributed by atoms with Crippen molar-refractivity contribution in [1.82, 2.24) is 0 Å². The van der Waals surface area contributed by atoms with Gasteiger partial charge in [-0.3, -0.25) is 0 Å². The smallest absolute Gasteiger partial charge is 0.100 e. The molecule has 1 aromatic carbocycles. The molecular weight excluding hydrogens is 329 g/mol. The van der Waals surface area contributed by atoms with E-state index in [-0.39, 0.29) is 0 Å². The van der Waals surface area contributed by atoms with Crippen LogP contribution in [-0.2, 0) is 5.88 Å². The number of hydrogen-bond donors (Lipinski definition) is 0. The zero-order chi connectivity index (χ0) is 10.1. The molecule has 1 heterocycles. The molecule has 0 bridgehead atoms. The lowest BCUT2D eigenvalue weighted by molar-refractivity contribution is 1.42. The van der Waals surface area contributed by atoms with Crippen LogP contribution in [0.4, 0.5) is 0 Å². The highest BCUT2D eigenvalue weighted by Gasteiger charge is 2.10. The summed E-state index contributed by atoms with van der Waals surface area (Å²) >= 11 is 9.72. The lowest BCUT2D eigenvalue weighted by atomic mass is 10.1. The van der Waals surface area contributed by atoms with Gasteiger partial charge in [-0.05, 0) is 45.7 Å². The maximum absolute atomic E-state index is 8.94. The van der Waals surface area contributed by atoms with E-state index in [2.05, 4.69) is 28.7 Å². The maximum atomic E-state index is 8.94. The van der Waals surface area contributed by atoms with Crippen molar-refractivity contribution in [2.45, 2.75) is 5.88 Å². The van der Waals surface area contributed by atoms with Gasteiger partial charge in [-0.2, -0.15) is 5.26 Å². The first kappa shape index (κ1) is 10.2. The number of nitriles is 1. The number of thiophene rings is 1. The van der Waals surface area contributed by atoms with Crippen LogP contribution in [0, 0.1) is 14.9 Å². The van der Waals surface area contributed by atoms with E-state index in [4.69, 9.17) is 16.9 Å². The molecule has 0 saturated carbocycles. The molecule has 1 aromatic heterocycles. The van der Waals surface area contributed by atoms with E-state index >= 15 is 0 Å². The topological polar surface area (TPSA) is 23.8 Å². The third-order valence-corrected chi connectivity index (χ3v) is 4.45. The molecule has 0 fully saturated rings. The van der Waals surface area contributed by atoms with Crippen molar-refractivity contribution < 1.29 is 0 Å². The molecule has 0 spiro atoms. The van der Waals surface area contributed by atoms with Crippen molar-refractivity contribution in [2.75, 3.05) is 0 Å². The lowest BCUT2D eigenvalue weighted by Gasteiger charge is -2.02. The minimum atomic E-state index is 0.461. The fourth-order valence-corrected chi connectivity index (χ4v) is 3.48. The molecule has 0 amide bonds. The summed E-state index contributed by atoms with van der Waals surface area (Å²) in [5, 5.41) is 12.1. The third-order valence-electron chi connectivity index (χ3n) is 2.01. The van der Waals surface area contributed by atoms with Crippen molar-refractivity contribution in [2.24, 2.45) is 0 Å². The van der Waals surface area contributed by atoms with Gasteiger partial charge in [0.05, 0.1) is 5.56 Å². The van der Waals surface area contributed by atoms with E-state index in [9.17, 15) is 0 Å². The predicted molar refractivity (Wildman–Crippen MR) is 68.8 cm³/mol. The second-order valence-corrected chi connectivity index (χ2v) is 5.07. The van der Waals surface area contributed by atoms with Crippen LogP contribution in [-0.4, -0.2) is 0 Å². The molecule has 70 valence electrons. The number of rotatable bonds is 1. The van der Waals surface area contributed by atoms with Gasteiger partial charge in [-0.15, -0.1) is 22.9 Å². The van der Waals surface area contributed by atoms with Crippen LogP contribution < -0.4 is 0 Å². The molecule has 2 aromatic rings. The Morgan fingerprint density at radius 2 is 2.36 bits per heavy atom. The SMILES string of the molecule is N#Cc1cc(CCl)c2sccc2c1I. The Kier molecular flexibility index (Phi) is 2.96. The van der Waals surface area contributed by atoms with Crippen LogP contribution in [0.5, 0.6) is 0 Å². The molecule has 14 heavy (non-hydrogen) atoms. The first-order valence-electron chi connectivity index (χ1n) is 3.92. The fourth-order valence-electron chi connectivity index (χ4n) is 1.36. The molecule has 2 rings (SSSR count). The Balaban J connectivity index is 2.89. The average Bonchev–Trinajstić information content (AvgIpc) is 2.68. The Hall–Kier alpha value is -0.310. The van der Waals surface area contributed by atoms with Crippen LogP contribution in [0.3, 0.4) is 0 Å². The molecule has 0 atom stereocenters. The highest BCUT2D eigenvalue weighted by atomic mass is 127. The van der Waals surface area contributed by atoms with Gasteiger partial charge in [-0.25, -0.2) is 0 Å². The van der Waals surface area contributed by atoms with Gasteiger partial charge in [0, 0.05) is 19.5 Å². The monoisotopic (exact) mass is 333 g/mol. The normalized spacial score (nSPS) is 10.4. The van der Waals surface area contributed by atoms with Crippen molar-refractivity contribution in [1.29, 1.82) is 5.26 Å². The van der Waals surface area contributed by atoms with E-state index < -0.39 is 0 Å². The Morgan fingerprint density at radius 3 is 3.00 bits per heavy atom. The van der Waals surface area contributed by atoms with Crippen LogP contribution >= 0.6 is 45.5 Å². The number of nitrogens with zero attached hydrogens (tertiary/aromatic N) is 1. The quantitative estimate of drug-likeness (QED) is 0.569. The molecule has 0 aliphatic carbocycles. The number of alkyl halides is 1. The first-order valence-corrected chi connectivity index (χ1v) is 6.42. The minimum Gasteiger partial charge on any atom is -0.192 e. The molecule has 0 radical (unpaired) electrons. The highest BCUT2D eigenvalue weighted by Crippen LogP contribution is 2.32. The summed E-state index contributed by atoms with van der Waals surface area (Å²) < 4.78 is 2.22. The second-order valence-electron chi connectivity index (χ2n) is 2.81. The molecule has 1 nitrogen and oxygen atoms in total. The van der Waals surface area contributed by atoms with Gasteiger partial charge in [-0.1, -0.05) is 0 Å². The van der Waals surface area contributed by atoms with Crippen LogP contribution in [0.25, 0.3) is 10.1 Å². The zero-order valence-electron chi connectivity index (χ0n) is 7.05. The molecule has 4 heteroatoms. The van der Waals surface area contributed by atoms with E-state index in [0.717, 1.165) is 14.5 Å². The van der Waals surface area contributed by atoms with E-state index in [1.165, 1.54) is 4.70 Å². The van der Waals surface area contributed by atoms with E-state index in [1.807, 2.05) is 17.5 Å². The summed E-state index contributed by atoms with van der Waals surface area (Å²) in [6.45, 7) is 0. The Labute approximate surface area is 104 Å². The van der Waals surface area contributed by atoms with Crippen LogP contribution in [0.15, 0.2) is 17.5 Å². The summed E-state index contributed by atoms with van der Waals surface area (Å²) in [5.74, 6) is 0.461. The number of benzene rings is 1. The van der Waals surface area contributed by atoms with Crippen molar-refractivity contribution in [3.05, 3.63) is 32.2 Å². The molecule has 0 unspecified atom stereocenters. The number of hydrogen-bond acceptors (Lipinski definition) is 2. The van der Waals surface area contributed by atoms with Gasteiger partial charge >= 0.3 is 0 Å². The van der Waals surface area contributed by atoms with Crippen LogP contribution in [0.1, 0.15) is 11.1 Å². The summed E-state index contributed by atoms with van der Waals surface area (Å²) in [5.41, 5.74) is 1.76. The fraction of sp³-hybridized carbons (Fsp3) is 0.100. The van der Waals surface area contributed by atoms with Gasteiger partial charge in [0.25, 0.3) is 0 Å². The summed E-state index contributed by atoms with van der Waals surface area (Å²) in [4.78, 5) is 0. The summed E-state index contributed by atoms with van der Waals surface area (Å²) in [7, 11) is 0. The largest absolute Gasteiger partial charge is 0.192 e. The van der Waals surface area contributed by atoms with Gasteiger partial charge < -0.3 is 0 Å². The molecule has 0 aliphatic heterocycles. The van der Waals surface area contributed by atoms with Gasteiger partial charge in [0.15, 0.2) is 0 Å². The molecule has 0 N–H and O–H groups in total. The zero-order valence-corrected chi connectivity index (χ0v) is 10.8. The Bertz CT molecular complexity index is 527. The van der Waals surface area contributed by atoms with Gasteiger partial charge in [0.1, 0.15) is 6.07 Å². The van der Waals surface area contributed by atoms with Crippen molar-refractivity contribution >= 4 is 55.6 Å². The molecule has 0 saturated heterocycles. The van der Waals surface area contributed by atoms with E-state index in [0.29, 0.717) is 11.4 Å². The maximum Gasteiger partial charge on any atom is 0.100 e. The standard InChI is InChI=1S/C10H5ClINS/c11-4-6-3-7(5-13)9(12)8-1-2-14-10(6)8/h1-3H,4H2. The van der Waals surface area contributed by atoms with Crippen molar-refractivity contribution in [3.63, 3.8) is 0 Å². The van der Waals surface area contributed by atoms with Crippen molar-refractivity contribution in [3.8, 4) is 6.07 Å². The first-order chi connectivity index (χ1) is 6.77. The summed E-state index contributed by atoms with van der Waals surface area (Å²) in [6.07, 6.45) is 0. The molecule has 0 aliphatic rings. The van der Waals surface area contributed by atoms with Crippen LogP contribution in [0.2, 0.25) is 0 Å². The summed E-state index contributed by atoms with van der Waals surface area (Å²) in [6, 6.07) is 6.11. The lowest BCUT2D eigenvalue weighted by Crippen LogP contribution is -1.87. The van der Waals surface area contributed by atoms with E-state index in [1.54, 1.807) is 11.3 Å². The molecular formula is C10H5ClINS. The average molecular weight is 334 g/mol. The predicted octanol–water partition coefficient (Wildman–Crippen LogP) is 4.12.